The van der Waals surface area contributed by atoms with Crippen LogP contribution >= 0.6 is 24.0 Å². The molecule has 2 rings (SSSR count). The fourth-order valence-corrected chi connectivity index (χ4v) is 2.20. The Morgan fingerprint density at radius 2 is 2.11 bits per heavy atom. The summed E-state index contributed by atoms with van der Waals surface area (Å²) < 4.78 is 18.2. The molecule has 1 aliphatic rings. The Balaban J connectivity index is 0.00000162. The number of alkyl carbamates (subject to hydrolysis) is 1. The second kappa shape index (κ2) is 5.33. The molecule has 0 unspecified atom stereocenters. The molecule has 0 bridgehead atoms. The lowest BCUT2D eigenvalue weighted by Gasteiger charge is -2.38. The fraction of sp³-hybridized carbons (Fsp3) is 0.417. The Hall–Kier alpha value is -1.00. The van der Waals surface area contributed by atoms with E-state index in [4.69, 9.17) is 16.3 Å². The van der Waals surface area contributed by atoms with E-state index < -0.39 is 11.9 Å². The van der Waals surface area contributed by atoms with Crippen molar-refractivity contribution in [2.75, 3.05) is 6.61 Å². The average molecular weight is 294 g/mol. The molecule has 0 aromatic heterocycles. The molecule has 1 N–H and O–H groups in total. The third-order valence-electron chi connectivity index (χ3n) is 2.84. The zero-order valence-electron chi connectivity index (χ0n) is 10.00. The summed E-state index contributed by atoms with van der Waals surface area (Å²) in [4.78, 5) is 11.2. The van der Waals surface area contributed by atoms with Gasteiger partial charge in [-0.15, -0.1) is 12.4 Å². The highest BCUT2D eigenvalue weighted by Crippen LogP contribution is 2.37. The van der Waals surface area contributed by atoms with Crippen LogP contribution in [0.15, 0.2) is 18.2 Å². The fourth-order valence-electron chi connectivity index (χ4n) is 1.97. The van der Waals surface area contributed by atoms with Crippen LogP contribution in [0.4, 0.5) is 9.18 Å². The number of nitrogens with one attached hydrogen (secondary N) is 1. The van der Waals surface area contributed by atoms with Gasteiger partial charge in [0.2, 0.25) is 0 Å². The zero-order chi connectivity index (χ0) is 12.6. The first kappa shape index (κ1) is 15.1. The third kappa shape index (κ3) is 3.06. The maximum atomic E-state index is 13.3. The third-order valence-corrected chi connectivity index (χ3v) is 3.06. The van der Waals surface area contributed by atoms with E-state index in [1.807, 2.05) is 13.8 Å². The van der Waals surface area contributed by atoms with Crippen LogP contribution in [0.1, 0.15) is 25.5 Å². The topological polar surface area (TPSA) is 38.3 Å². The van der Waals surface area contributed by atoms with Crippen LogP contribution in [0, 0.1) is 11.2 Å². The van der Waals surface area contributed by atoms with Gasteiger partial charge in [0.05, 0.1) is 6.04 Å². The summed E-state index contributed by atoms with van der Waals surface area (Å²) in [6, 6.07) is 3.96. The number of benzene rings is 1. The lowest BCUT2D eigenvalue weighted by molar-refractivity contribution is 0.0386. The summed E-state index contributed by atoms with van der Waals surface area (Å²) in [5.74, 6) is -0.413. The van der Waals surface area contributed by atoms with Gasteiger partial charge in [-0.1, -0.05) is 25.4 Å². The first-order valence-corrected chi connectivity index (χ1v) is 5.65. The molecule has 0 aliphatic carbocycles. The van der Waals surface area contributed by atoms with Gasteiger partial charge in [-0.2, -0.15) is 0 Å². The molecule has 1 saturated heterocycles. The molecule has 100 valence electrons. The summed E-state index contributed by atoms with van der Waals surface area (Å²) in [7, 11) is 0. The van der Waals surface area contributed by atoms with Gasteiger partial charge in [-0.3, -0.25) is 0 Å². The van der Waals surface area contributed by atoms with Crippen LogP contribution in [-0.2, 0) is 4.74 Å². The average Bonchev–Trinajstić information content (AvgIpc) is 2.20. The molecule has 1 heterocycles. The Bertz CT molecular complexity index is 445. The highest BCUT2D eigenvalue weighted by atomic mass is 35.5. The van der Waals surface area contributed by atoms with Gasteiger partial charge < -0.3 is 10.1 Å². The van der Waals surface area contributed by atoms with Crippen molar-refractivity contribution in [2.24, 2.45) is 5.41 Å². The molecule has 1 atom stereocenters. The van der Waals surface area contributed by atoms with Gasteiger partial charge >= 0.3 is 6.09 Å². The summed E-state index contributed by atoms with van der Waals surface area (Å²) in [6.07, 6.45) is -0.491. The second-order valence-corrected chi connectivity index (χ2v) is 5.28. The number of carbonyl (C=O) groups excluding carboxylic acids is 1. The normalized spacial score (nSPS) is 21.6. The van der Waals surface area contributed by atoms with Crippen LogP contribution in [0.5, 0.6) is 0 Å². The molecular formula is C12H14Cl2FNO2. The monoisotopic (exact) mass is 293 g/mol. The van der Waals surface area contributed by atoms with Crippen molar-refractivity contribution in [1.29, 1.82) is 0 Å². The Labute approximate surface area is 116 Å². The molecule has 1 aliphatic heterocycles. The molecule has 1 amide bonds. The molecule has 3 nitrogen and oxygen atoms in total. The smallest absolute Gasteiger partial charge is 0.407 e. The molecule has 1 fully saturated rings. The van der Waals surface area contributed by atoms with E-state index >= 15 is 0 Å². The summed E-state index contributed by atoms with van der Waals surface area (Å²) in [5, 5.41) is 3.01. The summed E-state index contributed by atoms with van der Waals surface area (Å²) in [6.45, 7) is 4.17. The van der Waals surface area contributed by atoms with E-state index in [1.54, 1.807) is 6.07 Å². The van der Waals surface area contributed by atoms with E-state index in [0.717, 1.165) is 0 Å². The van der Waals surface area contributed by atoms with Crippen molar-refractivity contribution in [2.45, 2.75) is 19.9 Å². The number of hydrogen-bond donors (Lipinski definition) is 1. The minimum absolute atomic E-state index is 0. The van der Waals surface area contributed by atoms with Gasteiger partial charge in [0.1, 0.15) is 12.4 Å². The van der Waals surface area contributed by atoms with Gasteiger partial charge in [0, 0.05) is 10.4 Å². The molecule has 1 aromatic carbocycles. The van der Waals surface area contributed by atoms with Crippen LogP contribution in [-0.4, -0.2) is 12.7 Å². The van der Waals surface area contributed by atoms with Crippen molar-refractivity contribution in [3.63, 3.8) is 0 Å². The minimum atomic E-state index is -0.491. The van der Waals surface area contributed by atoms with Crippen molar-refractivity contribution < 1.29 is 13.9 Å². The van der Waals surface area contributed by atoms with E-state index in [2.05, 4.69) is 5.32 Å². The number of halogens is 3. The lowest BCUT2D eigenvalue weighted by atomic mass is 9.80. The standard InChI is InChI=1S/C12H13ClFNO2.ClH/c1-12(2)6-17-11(16)15-10(12)7-3-8(13)5-9(14)4-7;/h3-5,10H,6H2,1-2H3,(H,15,16);1H/t10-;/m1./s1. The highest BCUT2D eigenvalue weighted by Gasteiger charge is 2.38. The molecule has 0 saturated carbocycles. The SMILES string of the molecule is CC1(C)COC(=O)N[C@@H]1c1cc(F)cc(Cl)c1.Cl. The number of ether oxygens (including phenoxy) is 1. The first-order chi connectivity index (χ1) is 7.88. The molecule has 1 aromatic rings. The molecule has 0 radical (unpaired) electrons. The Morgan fingerprint density at radius 1 is 1.44 bits per heavy atom. The zero-order valence-corrected chi connectivity index (χ0v) is 11.6. The summed E-state index contributed by atoms with van der Waals surface area (Å²) >= 11 is 5.81. The Kier molecular flexibility index (Phi) is 4.46. The quantitative estimate of drug-likeness (QED) is 0.857. The van der Waals surface area contributed by atoms with Gasteiger partial charge in [0.15, 0.2) is 0 Å². The van der Waals surface area contributed by atoms with Gasteiger partial charge in [0.25, 0.3) is 0 Å². The lowest BCUT2D eigenvalue weighted by Crippen LogP contribution is -2.46. The molecule has 18 heavy (non-hydrogen) atoms. The van der Waals surface area contributed by atoms with Gasteiger partial charge in [-0.05, 0) is 23.8 Å². The predicted octanol–water partition coefficient (Wildman–Crippen LogP) is 3.71. The number of amides is 1. The van der Waals surface area contributed by atoms with Crippen molar-refractivity contribution in [1.82, 2.24) is 5.32 Å². The van der Waals surface area contributed by atoms with Crippen LogP contribution < -0.4 is 5.32 Å². The molecule has 6 heteroatoms. The summed E-state index contributed by atoms with van der Waals surface area (Å²) in [5.41, 5.74) is 0.335. The van der Waals surface area contributed by atoms with Crippen LogP contribution in [0.3, 0.4) is 0 Å². The van der Waals surface area contributed by atoms with E-state index in [1.165, 1.54) is 12.1 Å². The number of carbonyl (C=O) groups is 1. The van der Waals surface area contributed by atoms with Crippen LogP contribution in [0.2, 0.25) is 5.02 Å². The maximum absolute atomic E-state index is 13.3. The van der Waals surface area contributed by atoms with E-state index in [-0.39, 0.29) is 30.5 Å². The van der Waals surface area contributed by atoms with E-state index in [9.17, 15) is 9.18 Å². The minimum Gasteiger partial charge on any atom is -0.449 e. The maximum Gasteiger partial charge on any atom is 0.407 e. The predicted molar refractivity (Wildman–Crippen MR) is 69.7 cm³/mol. The van der Waals surface area contributed by atoms with Gasteiger partial charge in [-0.25, -0.2) is 9.18 Å². The van der Waals surface area contributed by atoms with E-state index in [0.29, 0.717) is 10.6 Å². The second-order valence-electron chi connectivity index (χ2n) is 4.84. The molecular weight excluding hydrogens is 280 g/mol. The first-order valence-electron chi connectivity index (χ1n) is 5.28. The van der Waals surface area contributed by atoms with Crippen molar-refractivity contribution in [3.8, 4) is 0 Å². The van der Waals surface area contributed by atoms with Crippen molar-refractivity contribution >= 4 is 30.1 Å². The number of hydrogen-bond acceptors (Lipinski definition) is 2. The van der Waals surface area contributed by atoms with Crippen molar-refractivity contribution in [3.05, 3.63) is 34.6 Å². The highest BCUT2D eigenvalue weighted by molar-refractivity contribution is 6.30. The largest absolute Gasteiger partial charge is 0.449 e. The number of rotatable bonds is 1. The number of cyclic esters (lactones) is 1. The Morgan fingerprint density at radius 3 is 2.72 bits per heavy atom. The molecule has 0 spiro atoms. The van der Waals surface area contributed by atoms with Crippen LogP contribution in [0.25, 0.3) is 0 Å².